The first-order valence-electron chi connectivity index (χ1n) is 4.88. The molecule has 0 amide bonds. The highest BCUT2D eigenvalue weighted by Gasteiger charge is 2.15. The highest BCUT2D eigenvalue weighted by molar-refractivity contribution is 14.1. The van der Waals surface area contributed by atoms with Crippen molar-refractivity contribution in [3.05, 3.63) is 45.8 Å². The number of aromatic nitrogens is 1. The van der Waals surface area contributed by atoms with E-state index in [-0.39, 0.29) is 5.69 Å². The summed E-state index contributed by atoms with van der Waals surface area (Å²) in [6, 6.07) is 8.93. The Hall–Kier alpha value is -1.50. The Bertz CT molecular complexity index is 563. The zero-order chi connectivity index (χ0) is 12.4. The van der Waals surface area contributed by atoms with Crippen LogP contribution in [0.3, 0.4) is 0 Å². The molecule has 0 aliphatic heterocycles. The smallest absolute Gasteiger partial charge is 0.352 e. The Kier molecular flexibility index (Phi) is 3.37. The van der Waals surface area contributed by atoms with E-state index >= 15 is 0 Å². The molecule has 0 aliphatic carbocycles. The molecule has 2 aromatic rings. The van der Waals surface area contributed by atoms with Crippen molar-refractivity contribution in [3.8, 4) is 11.4 Å². The van der Waals surface area contributed by atoms with E-state index in [1.165, 1.54) is 0 Å². The Labute approximate surface area is 112 Å². The molecule has 1 N–H and O–H groups in total. The lowest BCUT2D eigenvalue weighted by molar-refractivity contribution is 0.0688. The first-order valence-corrected chi connectivity index (χ1v) is 5.96. The number of hydrogen-bond donors (Lipinski definition) is 1. The molecule has 0 unspecified atom stereocenters. The average molecular weight is 343 g/mol. The number of hydrogen-bond acceptors (Lipinski definition) is 2. The van der Waals surface area contributed by atoms with Gasteiger partial charge >= 0.3 is 5.97 Å². The largest absolute Gasteiger partial charge is 0.495 e. The number of rotatable bonds is 3. The Morgan fingerprint density at radius 3 is 2.76 bits per heavy atom. The predicted molar refractivity (Wildman–Crippen MR) is 72.0 cm³/mol. The molecule has 5 heteroatoms. The molecule has 0 aliphatic rings. The van der Waals surface area contributed by atoms with Crippen molar-refractivity contribution in [1.82, 2.24) is 4.57 Å². The van der Waals surface area contributed by atoms with Crippen LogP contribution >= 0.6 is 22.6 Å². The van der Waals surface area contributed by atoms with Gasteiger partial charge in [0.15, 0.2) is 0 Å². The standard InChI is InChI=1S/C12H10INO3/c1-17-11-5-3-2-4-9(11)14-7-8(13)6-10(14)12(15)16/h2-7H,1H3,(H,15,16). The number of methoxy groups -OCH3 is 1. The summed E-state index contributed by atoms with van der Waals surface area (Å²) in [4.78, 5) is 11.1. The van der Waals surface area contributed by atoms with Crippen molar-refractivity contribution >= 4 is 28.6 Å². The summed E-state index contributed by atoms with van der Waals surface area (Å²) in [5.74, 6) is -0.319. The molecule has 0 saturated carbocycles. The number of carboxylic acids is 1. The fourth-order valence-corrected chi connectivity index (χ4v) is 2.20. The lowest BCUT2D eigenvalue weighted by Gasteiger charge is -2.10. The van der Waals surface area contributed by atoms with Gasteiger partial charge in [-0.1, -0.05) is 12.1 Å². The topological polar surface area (TPSA) is 51.5 Å². The van der Waals surface area contributed by atoms with E-state index in [9.17, 15) is 4.79 Å². The van der Waals surface area contributed by atoms with Crippen molar-refractivity contribution in [3.63, 3.8) is 0 Å². The van der Waals surface area contributed by atoms with Crippen LogP contribution < -0.4 is 4.74 Å². The third-order valence-electron chi connectivity index (χ3n) is 2.35. The van der Waals surface area contributed by atoms with Crippen LogP contribution in [0.2, 0.25) is 0 Å². The van der Waals surface area contributed by atoms with Gasteiger partial charge in [0.05, 0.1) is 12.8 Å². The van der Waals surface area contributed by atoms with Crippen LogP contribution in [0, 0.1) is 3.57 Å². The zero-order valence-electron chi connectivity index (χ0n) is 9.05. The maximum atomic E-state index is 11.1. The van der Waals surface area contributed by atoms with Crippen molar-refractivity contribution in [2.75, 3.05) is 7.11 Å². The molecule has 0 spiro atoms. The molecule has 88 valence electrons. The van der Waals surface area contributed by atoms with E-state index in [2.05, 4.69) is 22.6 Å². The van der Waals surface area contributed by atoms with Gasteiger partial charge in [-0.05, 0) is 40.8 Å². The minimum absolute atomic E-state index is 0.221. The van der Waals surface area contributed by atoms with Crippen LogP contribution in [0.5, 0.6) is 5.75 Å². The number of nitrogens with zero attached hydrogens (tertiary/aromatic N) is 1. The number of aromatic carboxylic acids is 1. The number of benzene rings is 1. The Balaban J connectivity index is 2.63. The molecule has 1 aromatic heterocycles. The van der Waals surface area contributed by atoms with E-state index < -0.39 is 5.97 Å². The molecule has 4 nitrogen and oxygen atoms in total. The highest BCUT2D eigenvalue weighted by Crippen LogP contribution is 2.25. The monoisotopic (exact) mass is 343 g/mol. The van der Waals surface area contributed by atoms with Gasteiger partial charge in [-0.3, -0.25) is 0 Å². The molecule has 17 heavy (non-hydrogen) atoms. The average Bonchev–Trinajstić information content (AvgIpc) is 2.71. The highest BCUT2D eigenvalue weighted by atomic mass is 127. The lowest BCUT2D eigenvalue weighted by atomic mass is 10.3. The minimum atomic E-state index is -0.959. The summed E-state index contributed by atoms with van der Waals surface area (Å²) >= 11 is 2.09. The zero-order valence-corrected chi connectivity index (χ0v) is 11.2. The van der Waals surface area contributed by atoms with Gasteiger partial charge in [0, 0.05) is 9.77 Å². The fourth-order valence-electron chi connectivity index (χ4n) is 1.62. The normalized spacial score (nSPS) is 10.2. The van der Waals surface area contributed by atoms with Gasteiger partial charge in [0.1, 0.15) is 11.4 Å². The summed E-state index contributed by atoms with van der Waals surface area (Å²) in [5.41, 5.74) is 0.939. The molecule has 0 atom stereocenters. The Morgan fingerprint density at radius 1 is 1.41 bits per heavy atom. The second-order valence-electron chi connectivity index (χ2n) is 3.39. The molecule has 0 fully saturated rings. The van der Waals surface area contributed by atoms with Crippen molar-refractivity contribution in [2.45, 2.75) is 0 Å². The van der Waals surface area contributed by atoms with Crippen molar-refractivity contribution in [2.24, 2.45) is 0 Å². The SMILES string of the molecule is COc1ccccc1-n1cc(I)cc1C(=O)O. The van der Waals surface area contributed by atoms with Crippen LogP contribution in [-0.2, 0) is 0 Å². The molecule has 1 aromatic carbocycles. The van der Waals surface area contributed by atoms with Crippen molar-refractivity contribution in [1.29, 1.82) is 0 Å². The van der Waals surface area contributed by atoms with E-state index in [0.29, 0.717) is 5.75 Å². The molecule has 0 bridgehead atoms. The van der Waals surface area contributed by atoms with Gasteiger partial charge in [-0.2, -0.15) is 0 Å². The molecule has 1 heterocycles. The van der Waals surface area contributed by atoms with Gasteiger partial charge < -0.3 is 14.4 Å². The number of ether oxygens (including phenoxy) is 1. The first kappa shape index (κ1) is 12.0. The van der Waals surface area contributed by atoms with Crippen LogP contribution in [0.15, 0.2) is 36.5 Å². The first-order chi connectivity index (χ1) is 8.13. The van der Waals surface area contributed by atoms with Crippen LogP contribution in [-0.4, -0.2) is 22.8 Å². The fraction of sp³-hybridized carbons (Fsp3) is 0.0833. The van der Waals surface area contributed by atoms with E-state index in [4.69, 9.17) is 9.84 Å². The third kappa shape index (κ3) is 2.28. The van der Waals surface area contributed by atoms with E-state index in [1.54, 1.807) is 30.0 Å². The van der Waals surface area contributed by atoms with Gasteiger partial charge in [0.2, 0.25) is 0 Å². The summed E-state index contributed by atoms with van der Waals surface area (Å²) in [7, 11) is 1.56. The molecule has 2 rings (SSSR count). The summed E-state index contributed by atoms with van der Waals surface area (Å²) in [6.07, 6.45) is 1.77. The lowest BCUT2D eigenvalue weighted by Crippen LogP contribution is -2.06. The second kappa shape index (κ2) is 4.79. The van der Waals surface area contributed by atoms with Crippen LogP contribution in [0.4, 0.5) is 0 Å². The molecular formula is C12H10INO3. The van der Waals surface area contributed by atoms with Crippen LogP contribution in [0.1, 0.15) is 10.5 Å². The predicted octanol–water partition coefficient (Wildman–Crippen LogP) is 2.79. The second-order valence-corrected chi connectivity index (χ2v) is 4.64. The van der Waals surface area contributed by atoms with E-state index in [1.807, 2.05) is 18.2 Å². The van der Waals surface area contributed by atoms with Gasteiger partial charge in [-0.25, -0.2) is 4.79 Å². The van der Waals surface area contributed by atoms with Gasteiger partial charge in [0.25, 0.3) is 0 Å². The number of carbonyl (C=O) groups is 1. The van der Waals surface area contributed by atoms with Crippen LogP contribution in [0.25, 0.3) is 5.69 Å². The van der Waals surface area contributed by atoms with E-state index in [0.717, 1.165) is 9.26 Å². The maximum absolute atomic E-state index is 11.1. The summed E-state index contributed by atoms with van der Waals surface area (Å²) in [5, 5.41) is 9.14. The number of halogens is 1. The maximum Gasteiger partial charge on any atom is 0.352 e. The summed E-state index contributed by atoms with van der Waals surface area (Å²) < 4.78 is 7.71. The number of para-hydroxylation sites is 2. The quantitative estimate of drug-likeness (QED) is 0.872. The Morgan fingerprint density at radius 2 is 2.12 bits per heavy atom. The molecule has 0 radical (unpaired) electrons. The summed E-state index contributed by atoms with van der Waals surface area (Å²) in [6.45, 7) is 0. The molecular weight excluding hydrogens is 333 g/mol. The minimum Gasteiger partial charge on any atom is -0.495 e. The number of carboxylic acid groups (broad SMARTS) is 1. The van der Waals surface area contributed by atoms with Crippen molar-refractivity contribution < 1.29 is 14.6 Å². The third-order valence-corrected chi connectivity index (χ3v) is 2.94. The molecule has 0 saturated heterocycles. The van der Waals surface area contributed by atoms with Gasteiger partial charge in [-0.15, -0.1) is 0 Å².